The molecule has 0 radical (unpaired) electrons. The lowest BCUT2D eigenvalue weighted by Crippen LogP contribution is -1.92. The van der Waals surface area contributed by atoms with Crippen molar-refractivity contribution >= 4 is 67.9 Å². The van der Waals surface area contributed by atoms with Crippen LogP contribution in [-0.4, -0.2) is 19.9 Å². The summed E-state index contributed by atoms with van der Waals surface area (Å²) >= 11 is 0. The lowest BCUT2D eigenvalue weighted by atomic mass is 10.0. The van der Waals surface area contributed by atoms with E-state index in [9.17, 15) is 0 Å². The summed E-state index contributed by atoms with van der Waals surface area (Å²) in [4.78, 5) is 20.3. The van der Waals surface area contributed by atoms with Gasteiger partial charge in [-0.15, -0.1) is 0 Å². The van der Waals surface area contributed by atoms with Gasteiger partial charge in [-0.25, -0.2) is 19.9 Å². The fourth-order valence-electron chi connectivity index (χ4n) is 6.38. The Labute approximate surface area is 289 Å². The highest BCUT2D eigenvalue weighted by Gasteiger charge is 2.10. The number of rotatable bonds is 6. The van der Waals surface area contributed by atoms with Crippen molar-refractivity contribution in [2.45, 2.75) is 0 Å². The van der Waals surface area contributed by atoms with Crippen LogP contribution >= 0.6 is 0 Å². The summed E-state index contributed by atoms with van der Waals surface area (Å²) in [6.45, 7) is 0. The molecule has 0 aliphatic heterocycles. The van der Waals surface area contributed by atoms with E-state index in [1.54, 1.807) is 0 Å². The average Bonchev–Trinajstić information content (AvgIpc) is 3.19. The molecule has 0 saturated carbocycles. The number of fused-ring (bicyclic) bond motifs is 6. The molecule has 0 aliphatic carbocycles. The van der Waals surface area contributed by atoms with Crippen LogP contribution in [0.15, 0.2) is 158 Å². The summed E-state index contributed by atoms with van der Waals surface area (Å²) in [6.07, 6.45) is 8.28. The zero-order valence-electron chi connectivity index (χ0n) is 27.1. The van der Waals surface area contributed by atoms with E-state index in [1.165, 1.54) is 0 Å². The third-order valence-corrected chi connectivity index (χ3v) is 9.05. The lowest BCUT2D eigenvalue weighted by molar-refractivity contribution is 1.34. The van der Waals surface area contributed by atoms with Crippen LogP contribution in [0.25, 0.3) is 90.4 Å². The van der Waals surface area contributed by atoms with Crippen LogP contribution in [0.5, 0.6) is 0 Å². The van der Waals surface area contributed by atoms with Gasteiger partial charge in [0, 0.05) is 32.7 Å². The maximum absolute atomic E-state index is 5.14. The molecule has 5 aromatic carbocycles. The summed E-state index contributed by atoms with van der Waals surface area (Å²) < 4.78 is 0. The largest absolute Gasteiger partial charge is 0.246 e. The van der Waals surface area contributed by atoms with Gasteiger partial charge in [-0.1, -0.05) is 146 Å². The number of hydrogen-bond donors (Lipinski definition) is 0. The fraction of sp³-hybridized carbons (Fsp3) is 0. The maximum atomic E-state index is 5.14. The van der Waals surface area contributed by atoms with Crippen LogP contribution < -0.4 is 0 Å². The van der Waals surface area contributed by atoms with E-state index >= 15 is 0 Å². The SMILES string of the molecule is C(=Cc1ccc2ccc3ccc(-c4ccc(-c5ccc6ccc7ccc(C=Cc8ccccc8)nc7c6n5)cc4)nc3c2n1)c1ccccc1. The van der Waals surface area contributed by atoms with Crippen molar-refractivity contribution in [3.63, 3.8) is 0 Å². The molecule has 0 aliphatic rings. The molecule has 234 valence electrons. The first kappa shape index (κ1) is 29.4. The first-order valence-electron chi connectivity index (χ1n) is 16.7. The van der Waals surface area contributed by atoms with E-state index < -0.39 is 0 Å². The van der Waals surface area contributed by atoms with Crippen molar-refractivity contribution in [1.82, 2.24) is 19.9 Å². The lowest BCUT2D eigenvalue weighted by Gasteiger charge is -2.09. The fourth-order valence-corrected chi connectivity index (χ4v) is 6.38. The number of pyridine rings is 4. The van der Waals surface area contributed by atoms with E-state index in [1.807, 2.05) is 36.4 Å². The summed E-state index contributed by atoms with van der Waals surface area (Å²) in [5.74, 6) is 0. The normalized spacial score (nSPS) is 11.8. The second-order valence-corrected chi connectivity index (χ2v) is 12.3. The highest BCUT2D eigenvalue weighted by molar-refractivity contribution is 6.05. The molecule has 0 atom stereocenters. The van der Waals surface area contributed by atoms with Crippen LogP contribution in [0, 0.1) is 0 Å². The van der Waals surface area contributed by atoms with Gasteiger partial charge in [-0.2, -0.15) is 0 Å². The molecular weight excluding hydrogens is 609 g/mol. The van der Waals surface area contributed by atoms with Crippen molar-refractivity contribution in [3.05, 3.63) is 180 Å². The first-order valence-corrected chi connectivity index (χ1v) is 16.7. The standard InChI is InChI=1S/C46H30N4/c1-3-7-31(8-4-1)11-25-39-27-21-35-17-19-37-23-29-41(49-45(37)43(35)47-39)33-13-15-34(16-14-33)42-30-24-38-20-18-36-22-28-40(48-44(36)46(38)50-42)26-12-32-9-5-2-6-10-32/h1-30H. The van der Waals surface area contributed by atoms with Gasteiger partial charge in [0.1, 0.15) is 0 Å². The minimum Gasteiger partial charge on any atom is -0.246 e. The molecule has 50 heavy (non-hydrogen) atoms. The van der Waals surface area contributed by atoms with Crippen molar-refractivity contribution in [1.29, 1.82) is 0 Å². The quantitative estimate of drug-likeness (QED) is 0.170. The van der Waals surface area contributed by atoms with E-state index in [2.05, 4.69) is 146 Å². The predicted octanol–water partition coefficient (Wildman–Crippen LogP) is 11.6. The van der Waals surface area contributed by atoms with Gasteiger partial charge >= 0.3 is 0 Å². The summed E-state index contributed by atoms with van der Waals surface area (Å²) in [6, 6.07) is 54.3. The number of hydrogen-bond acceptors (Lipinski definition) is 4. The summed E-state index contributed by atoms with van der Waals surface area (Å²) in [5.41, 5.74) is 11.6. The van der Waals surface area contributed by atoms with Crippen molar-refractivity contribution in [2.24, 2.45) is 0 Å². The Morgan fingerprint density at radius 3 is 1.02 bits per heavy atom. The molecule has 0 bridgehead atoms. The minimum absolute atomic E-state index is 0.896. The Bertz CT molecular complexity index is 2540. The van der Waals surface area contributed by atoms with E-state index in [0.29, 0.717) is 0 Å². The van der Waals surface area contributed by atoms with Crippen molar-refractivity contribution < 1.29 is 0 Å². The number of benzene rings is 5. The zero-order valence-corrected chi connectivity index (χ0v) is 27.1. The Kier molecular flexibility index (Phi) is 7.45. The van der Waals surface area contributed by atoms with E-state index in [4.69, 9.17) is 19.9 Å². The van der Waals surface area contributed by atoms with Gasteiger partial charge in [0.2, 0.25) is 0 Å². The summed E-state index contributed by atoms with van der Waals surface area (Å²) in [5, 5.41) is 4.26. The van der Waals surface area contributed by atoms with Gasteiger partial charge in [-0.05, 0) is 47.5 Å². The van der Waals surface area contributed by atoms with Crippen LogP contribution in [0.4, 0.5) is 0 Å². The first-order chi connectivity index (χ1) is 24.7. The average molecular weight is 639 g/mol. The van der Waals surface area contributed by atoms with Gasteiger partial charge in [0.25, 0.3) is 0 Å². The molecule has 4 nitrogen and oxygen atoms in total. The third kappa shape index (κ3) is 5.80. The van der Waals surface area contributed by atoms with Gasteiger partial charge in [0.15, 0.2) is 0 Å². The molecule has 0 spiro atoms. The van der Waals surface area contributed by atoms with Crippen molar-refractivity contribution in [3.8, 4) is 22.5 Å². The topological polar surface area (TPSA) is 51.6 Å². The molecule has 0 saturated heterocycles. The monoisotopic (exact) mass is 638 g/mol. The highest BCUT2D eigenvalue weighted by Crippen LogP contribution is 2.30. The Morgan fingerprint density at radius 2 is 0.620 bits per heavy atom. The molecule has 0 N–H and O–H groups in total. The molecule has 9 aromatic rings. The Morgan fingerprint density at radius 1 is 0.280 bits per heavy atom. The van der Waals surface area contributed by atoms with Crippen LogP contribution in [0.2, 0.25) is 0 Å². The number of nitrogens with zero attached hydrogens (tertiary/aromatic N) is 4. The smallest absolute Gasteiger partial charge is 0.0972 e. The third-order valence-electron chi connectivity index (χ3n) is 9.05. The van der Waals surface area contributed by atoms with E-state index in [-0.39, 0.29) is 0 Å². The van der Waals surface area contributed by atoms with Gasteiger partial charge in [-0.3, -0.25) is 0 Å². The maximum Gasteiger partial charge on any atom is 0.0972 e. The van der Waals surface area contributed by atoms with Crippen LogP contribution in [0.1, 0.15) is 22.5 Å². The molecule has 0 amide bonds. The van der Waals surface area contributed by atoms with Crippen molar-refractivity contribution in [2.75, 3.05) is 0 Å². The van der Waals surface area contributed by atoms with Gasteiger partial charge in [0.05, 0.1) is 44.8 Å². The molecule has 4 aromatic heterocycles. The Balaban J connectivity index is 1.04. The second kappa shape index (κ2) is 12.7. The molecular formula is C46H30N4. The minimum atomic E-state index is 0.896. The molecule has 4 heterocycles. The van der Waals surface area contributed by atoms with Crippen LogP contribution in [0.3, 0.4) is 0 Å². The summed E-state index contributed by atoms with van der Waals surface area (Å²) in [7, 11) is 0. The highest BCUT2D eigenvalue weighted by atomic mass is 14.8. The Hall–Kier alpha value is -6.78. The number of aromatic nitrogens is 4. The molecule has 9 rings (SSSR count). The molecule has 4 heteroatoms. The second-order valence-electron chi connectivity index (χ2n) is 12.3. The predicted molar refractivity (Wildman–Crippen MR) is 209 cm³/mol. The van der Waals surface area contributed by atoms with Gasteiger partial charge < -0.3 is 0 Å². The molecule has 0 unspecified atom stereocenters. The van der Waals surface area contributed by atoms with Crippen LogP contribution in [-0.2, 0) is 0 Å². The molecule has 0 fully saturated rings. The zero-order chi connectivity index (χ0) is 33.3. The van der Waals surface area contributed by atoms with E-state index in [0.717, 1.165) is 88.6 Å².